The van der Waals surface area contributed by atoms with Crippen LogP contribution in [0.15, 0.2) is 0 Å². The number of halogens is 1. The minimum Gasteiger partial charge on any atom is -0.388 e. The van der Waals surface area contributed by atoms with Crippen molar-refractivity contribution >= 4 is 0 Å². The van der Waals surface area contributed by atoms with Gasteiger partial charge in [-0.25, -0.2) is 4.39 Å². The number of aliphatic hydroxyl groups excluding tert-OH is 3. The highest BCUT2D eigenvalue weighted by molar-refractivity contribution is 4.86. The number of hydrogen-bond acceptors (Lipinski definition) is 4. The fourth-order valence-electron chi connectivity index (χ4n) is 1.01. The molecule has 0 saturated carbocycles. The van der Waals surface area contributed by atoms with Gasteiger partial charge < -0.3 is 20.1 Å². The number of aliphatic hydroxyl groups is 3. The molecule has 4 nitrogen and oxygen atoms in total. The molecule has 0 spiro atoms. The van der Waals surface area contributed by atoms with Crippen LogP contribution in [0.25, 0.3) is 0 Å². The van der Waals surface area contributed by atoms with Gasteiger partial charge >= 0.3 is 0 Å². The van der Waals surface area contributed by atoms with Crippen molar-refractivity contribution in [2.45, 2.75) is 37.7 Å². The molecule has 1 aliphatic rings. The van der Waals surface area contributed by atoms with E-state index >= 15 is 0 Å². The lowest BCUT2D eigenvalue weighted by atomic mass is 10.0. The van der Waals surface area contributed by atoms with Crippen LogP contribution < -0.4 is 0 Å². The Morgan fingerprint density at radius 3 is 2.27 bits per heavy atom. The Morgan fingerprint density at radius 1 is 1.18 bits per heavy atom. The number of rotatable bonds is 0. The van der Waals surface area contributed by atoms with Crippen LogP contribution in [0.1, 0.15) is 6.92 Å². The Bertz CT molecular complexity index is 129. The molecule has 1 heterocycles. The molecule has 1 aliphatic heterocycles. The maximum absolute atomic E-state index is 12.6. The van der Waals surface area contributed by atoms with E-state index < -0.39 is 30.8 Å². The second kappa shape index (κ2) is 3.02. The fourth-order valence-corrected chi connectivity index (χ4v) is 1.01. The van der Waals surface area contributed by atoms with Crippen molar-refractivity contribution in [1.82, 2.24) is 0 Å². The summed E-state index contributed by atoms with van der Waals surface area (Å²) in [5.41, 5.74) is 0. The molecular formula is C6H11FO4. The first-order valence-corrected chi connectivity index (χ1v) is 3.37. The lowest BCUT2D eigenvalue weighted by Crippen LogP contribution is -2.54. The first-order valence-electron chi connectivity index (χ1n) is 3.37. The smallest absolute Gasteiger partial charge is 0.189 e. The molecule has 0 amide bonds. The maximum Gasteiger partial charge on any atom is 0.189 e. The van der Waals surface area contributed by atoms with E-state index in [1.54, 1.807) is 0 Å². The van der Waals surface area contributed by atoms with E-state index in [9.17, 15) is 4.39 Å². The SMILES string of the molecule is C[C@H]1O[C@@H](O)[C@H](F)[C@@H](O)[C@@H]1O. The van der Waals surface area contributed by atoms with Gasteiger partial charge in [0, 0.05) is 0 Å². The third-order valence-electron chi connectivity index (χ3n) is 1.78. The van der Waals surface area contributed by atoms with Gasteiger partial charge in [-0.2, -0.15) is 0 Å². The van der Waals surface area contributed by atoms with E-state index in [4.69, 9.17) is 15.3 Å². The normalized spacial score (nSPS) is 52.6. The highest BCUT2D eigenvalue weighted by Crippen LogP contribution is 2.21. The van der Waals surface area contributed by atoms with E-state index in [0.29, 0.717) is 0 Å². The summed E-state index contributed by atoms with van der Waals surface area (Å²) in [4.78, 5) is 0. The van der Waals surface area contributed by atoms with Crippen LogP contribution in [-0.4, -0.2) is 46.1 Å². The predicted octanol–water partition coefficient (Wildman–Crippen LogP) is -1.22. The lowest BCUT2D eigenvalue weighted by molar-refractivity contribution is -0.261. The highest BCUT2D eigenvalue weighted by atomic mass is 19.1. The van der Waals surface area contributed by atoms with Crippen molar-refractivity contribution in [2.75, 3.05) is 0 Å². The van der Waals surface area contributed by atoms with Crippen molar-refractivity contribution in [2.24, 2.45) is 0 Å². The molecule has 0 aromatic heterocycles. The van der Waals surface area contributed by atoms with Crippen LogP contribution in [-0.2, 0) is 4.74 Å². The summed E-state index contributed by atoms with van der Waals surface area (Å²) in [6.07, 6.45) is -7.14. The molecule has 0 aliphatic carbocycles. The summed E-state index contributed by atoms with van der Waals surface area (Å²) in [6, 6.07) is 0. The van der Waals surface area contributed by atoms with E-state index in [2.05, 4.69) is 4.74 Å². The molecule has 0 aromatic rings. The van der Waals surface area contributed by atoms with Gasteiger partial charge in [-0.15, -0.1) is 0 Å². The van der Waals surface area contributed by atoms with Crippen LogP contribution in [0.5, 0.6) is 0 Å². The van der Waals surface area contributed by atoms with Gasteiger partial charge in [-0.05, 0) is 6.92 Å². The molecule has 0 bridgehead atoms. The molecular weight excluding hydrogens is 155 g/mol. The molecule has 0 aromatic carbocycles. The highest BCUT2D eigenvalue weighted by Gasteiger charge is 2.42. The zero-order valence-corrected chi connectivity index (χ0v) is 6.01. The summed E-state index contributed by atoms with van der Waals surface area (Å²) in [5, 5.41) is 26.7. The Labute approximate surface area is 63.2 Å². The molecule has 1 fully saturated rings. The molecule has 5 atom stereocenters. The van der Waals surface area contributed by atoms with E-state index in [1.165, 1.54) is 6.92 Å². The minimum atomic E-state index is -1.93. The van der Waals surface area contributed by atoms with Crippen LogP contribution in [0, 0.1) is 0 Å². The van der Waals surface area contributed by atoms with Crippen LogP contribution >= 0.6 is 0 Å². The van der Waals surface area contributed by atoms with Crippen molar-refractivity contribution in [1.29, 1.82) is 0 Å². The summed E-state index contributed by atoms with van der Waals surface area (Å²) in [5.74, 6) is 0. The summed E-state index contributed by atoms with van der Waals surface area (Å²) >= 11 is 0. The fraction of sp³-hybridized carbons (Fsp3) is 1.00. The average Bonchev–Trinajstić information content (AvgIpc) is 1.97. The van der Waals surface area contributed by atoms with Gasteiger partial charge in [-0.3, -0.25) is 0 Å². The molecule has 11 heavy (non-hydrogen) atoms. The Morgan fingerprint density at radius 2 is 1.73 bits per heavy atom. The molecule has 0 unspecified atom stereocenters. The topological polar surface area (TPSA) is 69.9 Å². The Hall–Kier alpha value is -0.230. The summed E-state index contributed by atoms with van der Waals surface area (Å²) in [6.45, 7) is 1.45. The van der Waals surface area contributed by atoms with E-state index in [0.717, 1.165) is 0 Å². The lowest BCUT2D eigenvalue weighted by Gasteiger charge is -2.35. The van der Waals surface area contributed by atoms with E-state index in [1.807, 2.05) is 0 Å². The zero-order valence-electron chi connectivity index (χ0n) is 6.01. The van der Waals surface area contributed by atoms with Crippen LogP contribution in [0.2, 0.25) is 0 Å². The monoisotopic (exact) mass is 166 g/mol. The summed E-state index contributed by atoms with van der Waals surface area (Å²) < 4.78 is 17.2. The predicted molar refractivity (Wildman–Crippen MR) is 33.5 cm³/mol. The van der Waals surface area contributed by atoms with Crippen LogP contribution in [0.3, 0.4) is 0 Å². The summed E-state index contributed by atoms with van der Waals surface area (Å²) in [7, 11) is 0. The number of hydrogen-bond donors (Lipinski definition) is 3. The molecule has 1 saturated heterocycles. The molecule has 5 heteroatoms. The van der Waals surface area contributed by atoms with Crippen molar-refractivity contribution in [3.05, 3.63) is 0 Å². The molecule has 66 valence electrons. The first-order chi connectivity index (χ1) is 5.04. The van der Waals surface area contributed by atoms with Gasteiger partial charge in [0.15, 0.2) is 12.5 Å². The van der Waals surface area contributed by atoms with Crippen molar-refractivity contribution in [3.63, 3.8) is 0 Å². The number of alkyl halides is 1. The standard InChI is InChI=1S/C6H11FO4/c1-2-4(8)5(9)3(7)6(10)11-2/h2-6,8-10H,1H3/t2-,3-,4-,5-,6-/m1/s1. The zero-order chi connectivity index (χ0) is 8.59. The average molecular weight is 166 g/mol. The maximum atomic E-state index is 12.6. The largest absolute Gasteiger partial charge is 0.388 e. The quantitative estimate of drug-likeness (QED) is 0.422. The third-order valence-corrected chi connectivity index (χ3v) is 1.78. The van der Waals surface area contributed by atoms with Gasteiger partial charge in [0.25, 0.3) is 0 Å². The Balaban J connectivity index is 2.63. The minimum absolute atomic E-state index is 0.744. The second-order valence-corrected chi connectivity index (χ2v) is 2.66. The second-order valence-electron chi connectivity index (χ2n) is 2.66. The van der Waals surface area contributed by atoms with Crippen molar-refractivity contribution < 1.29 is 24.4 Å². The number of ether oxygens (including phenoxy) is 1. The third kappa shape index (κ3) is 1.51. The molecule has 1 rings (SSSR count). The van der Waals surface area contributed by atoms with Gasteiger partial charge in [0.05, 0.1) is 6.10 Å². The molecule has 3 N–H and O–H groups in total. The van der Waals surface area contributed by atoms with E-state index in [-0.39, 0.29) is 0 Å². The molecule has 0 radical (unpaired) electrons. The van der Waals surface area contributed by atoms with Gasteiger partial charge in [-0.1, -0.05) is 0 Å². The van der Waals surface area contributed by atoms with Gasteiger partial charge in [0.1, 0.15) is 12.2 Å². The first kappa shape index (κ1) is 8.86. The van der Waals surface area contributed by atoms with Crippen molar-refractivity contribution in [3.8, 4) is 0 Å². The van der Waals surface area contributed by atoms with Crippen LogP contribution in [0.4, 0.5) is 4.39 Å². The van der Waals surface area contributed by atoms with Gasteiger partial charge in [0.2, 0.25) is 0 Å². The Kier molecular flexibility index (Phi) is 2.43.